The fraction of sp³-hybridized carbons (Fsp3) is 0.538. The van der Waals surface area contributed by atoms with Gasteiger partial charge in [-0.25, -0.2) is 5.43 Å². The Morgan fingerprint density at radius 3 is 3.06 bits per heavy atom. The second-order valence-corrected chi connectivity index (χ2v) is 4.77. The lowest BCUT2D eigenvalue weighted by Gasteiger charge is -2.33. The van der Waals surface area contributed by atoms with Crippen LogP contribution in [0.3, 0.4) is 0 Å². The Hall–Kier alpha value is -0.980. The summed E-state index contributed by atoms with van der Waals surface area (Å²) in [7, 11) is 0. The van der Waals surface area contributed by atoms with E-state index in [9.17, 15) is 0 Å². The van der Waals surface area contributed by atoms with Crippen LogP contribution in [-0.4, -0.2) is 43.5 Å². The summed E-state index contributed by atoms with van der Waals surface area (Å²) in [6.07, 6.45) is 0.254. The molecular weight excluding hydrogens is 228 g/mol. The van der Waals surface area contributed by atoms with Gasteiger partial charge in [0.25, 0.3) is 0 Å². The lowest BCUT2D eigenvalue weighted by molar-refractivity contribution is 0.0374. The first-order valence-corrected chi connectivity index (χ1v) is 6.53. The van der Waals surface area contributed by atoms with E-state index >= 15 is 0 Å². The molecule has 0 saturated carbocycles. The molecule has 0 aromatic heterocycles. The second-order valence-electron chi connectivity index (χ2n) is 4.77. The van der Waals surface area contributed by atoms with Crippen molar-refractivity contribution in [2.45, 2.75) is 18.9 Å². The monoisotopic (exact) mass is 248 g/mol. The van der Waals surface area contributed by atoms with Crippen molar-refractivity contribution >= 4 is 0 Å². The van der Waals surface area contributed by atoms with Gasteiger partial charge in [0.15, 0.2) is 0 Å². The SMILES string of the molecule is c1ccc(COCC2CNC3NNCCN23)cc1. The van der Waals surface area contributed by atoms with Crippen LogP contribution in [0.15, 0.2) is 30.3 Å². The van der Waals surface area contributed by atoms with Crippen LogP contribution in [0.5, 0.6) is 0 Å². The molecular formula is C13H20N4O. The largest absolute Gasteiger partial charge is 0.375 e. The van der Waals surface area contributed by atoms with E-state index in [2.05, 4.69) is 33.2 Å². The van der Waals surface area contributed by atoms with Gasteiger partial charge in [-0.1, -0.05) is 30.3 Å². The zero-order chi connectivity index (χ0) is 12.2. The predicted octanol–water partition coefficient (Wildman–Crippen LogP) is -0.132. The highest BCUT2D eigenvalue weighted by Crippen LogP contribution is 2.12. The number of ether oxygens (including phenoxy) is 1. The zero-order valence-corrected chi connectivity index (χ0v) is 10.4. The van der Waals surface area contributed by atoms with Gasteiger partial charge in [-0.15, -0.1) is 0 Å². The summed E-state index contributed by atoms with van der Waals surface area (Å²) in [6.45, 7) is 4.49. The molecule has 2 fully saturated rings. The van der Waals surface area contributed by atoms with Gasteiger partial charge in [-0.2, -0.15) is 0 Å². The van der Waals surface area contributed by atoms with Crippen molar-refractivity contribution in [2.24, 2.45) is 0 Å². The van der Waals surface area contributed by atoms with E-state index in [-0.39, 0.29) is 6.29 Å². The first-order chi connectivity index (χ1) is 8.93. The molecule has 3 rings (SSSR count). The molecule has 1 aromatic carbocycles. The van der Waals surface area contributed by atoms with Gasteiger partial charge in [0.05, 0.1) is 13.2 Å². The molecule has 5 heteroatoms. The molecule has 2 atom stereocenters. The molecule has 0 amide bonds. The van der Waals surface area contributed by atoms with Crippen LogP contribution >= 0.6 is 0 Å². The van der Waals surface area contributed by atoms with Crippen LogP contribution in [0.4, 0.5) is 0 Å². The highest BCUT2D eigenvalue weighted by atomic mass is 16.5. The molecule has 2 unspecified atom stereocenters. The van der Waals surface area contributed by atoms with E-state index in [0.29, 0.717) is 12.6 Å². The summed E-state index contributed by atoms with van der Waals surface area (Å²) in [5.74, 6) is 0. The summed E-state index contributed by atoms with van der Waals surface area (Å²) >= 11 is 0. The van der Waals surface area contributed by atoms with Crippen LogP contribution in [-0.2, 0) is 11.3 Å². The van der Waals surface area contributed by atoms with Crippen molar-refractivity contribution in [3.8, 4) is 0 Å². The first-order valence-electron chi connectivity index (χ1n) is 6.53. The smallest absolute Gasteiger partial charge is 0.127 e. The van der Waals surface area contributed by atoms with Crippen LogP contribution < -0.4 is 16.2 Å². The minimum absolute atomic E-state index is 0.254. The van der Waals surface area contributed by atoms with Gasteiger partial charge >= 0.3 is 0 Å². The summed E-state index contributed by atoms with van der Waals surface area (Å²) in [4.78, 5) is 2.42. The fourth-order valence-electron chi connectivity index (χ4n) is 2.53. The number of nitrogens with one attached hydrogen (secondary N) is 3. The highest BCUT2D eigenvalue weighted by molar-refractivity contribution is 5.13. The van der Waals surface area contributed by atoms with Gasteiger partial charge < -0.3 is 4.74 Å². The van der Waals surface area contributed by atoms with E-state index in [4.69, 9.17) is 4.74 Å². The van der Waals surface area contributed by atoms with Gasteiger partial charge in [0.1, 0.15) is 6.29 Å². The molecule has 0 spiro atoms. The van der Waals surface area contributed by atoms with E-state index in [1.165, 1.54) is 5.56 Å². The number of hydrogen-bond acceptors (Lipinski definition) is 5. The van der Waals surface area contributed by atoms with Crippen molar-refractivity contribution in [2.75, 3.05) is 26.2 Å². The molecule has 2 heterocycles. The molecule has 2 aliphatic rings. The Bertz CT molecular complexity index is 373. The van der Waals surface area contributed by atoms with Gasteiger partial charge in [-0.05, 0) is 5.56 Å². The minimum atomic E-state index is 0.254. The zero-order valence-electron chi connectivity index (χ0n) is 10.4. The minimum Gasteiger partial charge on any atom is -0.375 e. The Kier molecular flexibility index (Phi) is 3.87. The molecule has 5 nitrogen and oxygen atoms in total. The van der Waals surface area contributed by atoms with Crippen molar-refractivity contribution in [3.05, 3.63) is 35.9 Å². The standard InChI is InChI=1S/C13H20N4O/c1-2-4-11(5-3-1)9-18-10-12-8-14-13-16-15-6-7-17(12)13/h1-5,12-16H,6-10H2. The third-order valence-electron chi connectivity index (χ3n) is 3.50. The van der Waals surface area contributed by atoms with Crippen LogP contribution in [0.1, 0.15) is 5.56 Å². The van der Waals surface area contributed by atoms with Gasteiger partial charge in [0.2, 0.25) is 0 Å². The highest BCUT2D eigenvalue weighted by Gasteiger charge is 2.34. The lowest BCUT2D eigenvalue weighted by atomic mass is 10.2. The average molecular weight is 248 g/mol. The third kappa shape index (κ3) is 2.71. The van der Waals surface area contributed by atoms with Gasteiger partial charge in [-0.3, -0.25) is 15.6 Å². The third-order valence-corrected chi connectivity index (χ3v) is 3.50. The molecule has 1 aromatic rings. The summed E-state index contributed by atoms with van der Waals surface area (Å²) < 4.78 is 5.82. The predicted molar refractivity (Wildman–Crippen MR) is 69.5 cm³/mol. The topological polar surface area (TPSA) is 48.6 Å². The number of hydrogen-bond donors (Lipinski definition) is 3. The normalized spacial score (nSPS) is 28.2. The van der Waals surface area contributed by atoms with E-state index in [0.717, 1.165) is 26.2 Å². The maximum atomic E-state index is 5.82. The van der Waals surface area contributed by atoms with Crippen molar-refractivity contribution < 1.29 is 4.74 Å². The molecule has 18 heavy (non-hydrogen) atoms. The number of nitrogens with zero attached hydrogens (tertiary/aromatic N) is 1. The number of fused-ring (bicyclic) bond motifs is 1. The van der Waals surface area contributed by atoms with Crippen molar-refractivity contribution in [3.63, 3.8) is 0 Å². The quantitative estimate of drug-likeness (QED) is 0.693. The van der Waals surface area contributed by atoms with Crippen molar-refractivity contribution in [1.29, 1.82) is 0 Å². The van der Waals surface area contributed by atoms with Crippen LogP contribution in [0.25, 0.3) is 0 Å². The average Bonchev–Trinajstić information content (AvgIpc) is 2.84. The van der Waals surface area contributed by atoms with Crippen LogP contribution in [0, 0.1) is 0 Å². The van der Waals surface area contributed by atoms with E-state index in [1.54, 1.807) is 0 Å². The fourth-order valence-corrected chi connectivity index (χ4v) is 2.53. The number of benzene rings is 1. The summed E-state index contributed by atoms with van der Waals surface area (Å²) in [6, 6.07) is 10.8. The molecule has 0 aliphatic carbocycles. The molecule has 98 valence electrons. The van der Waals surface area contributed by atoms with E-state index < -0.39 is 0 Å². The van der Waals surface area contributed by atoms with Gasteiger partial charge in [0, 0.05) is 25.7 Å². The first kappa shape index (κ1) is 12.1. The van der Waals surface area contributed by atoms with Crippen LogP contribution in [0.2, 0.25) is 0 Å². The van der Waals surface area contributed by atoms with Crippen molar-refractivity contribution in [1.82, 2.24) is 21.1 Å². The molecule has 0 bridgehead atoms. The molecule has 0 radical (unpaired) electrons. The Labute approximate surface area is 107 Å². The maximum Gasteiger partial charge on any atom is 0.127 e. The number of rotatable bonds is 4. The summed E-state index contributed by atoms with van der Waals surface area (Å²) in [5, 5.41) is 3.43. The number of hydrazine groups is 1. The Morgan fingerprint density at radius 2 is 2.17 bits per heavy atom. The lowest BCUT2D eigenvalue weighted by Crippen LogP contribution is -2.61. The molecule has 2 aliphatic heterocycles. The Morgan fingerprint density at radius 1 is 1.28 bits per heavy atom. The molecule has 2 saturated heterocycles. The maximum absolute atomic E-state index is 5.82. The summed E-state index contributed by atoms with van der Waals surface area (Å²) in [5.41, 5.74) is 7.63. The molecule has 3 N–H and O–H groups in total. The second kappa shape index (κ2) is 5.77. The van der Waals surface area contributed by atoms with E-state index in [1.807, 2.05) is 18.2 Å². The Balaban J connectivity index is 1.46.